The summed E-state index contributed by atoms with van der Waals surface area (Å²) in [5.41, 5.74) is 0.319. The van der Waals surface area contributed by atoms with Crippen molar-refractivity contribution in [1.82, 2.24) is 9.88 Å². The lowest BCUT2D eigenvalue weighted by molar-refractivity contribution is -0.0494. The topological polar surface area (TPSA) is 51.7 Å². The number of ether oxygens (including phenoxy) is 2. The Bertz CT molecular complexity index is 537. The Morgan fingerprint density at radius 1 is 1.41 bits per heavy atom. The second-order valence-corrected chi connectivity index (χ2v) is 5.61. The van der Waals surface area contributed by atoms with Crippen molar-refractivity contribution in [3.05, 3.63) is 23.9 Å². The maximum atomic E-state index is 13.2. The van der Waals surface area contributed by atoms with Crippen molar-refractivity contribution in [2.45, 2.75) is 31.3 Å². The minimum Gasteiger partial charge on any atom is -0.471 e. The van der Waals surface area contributed by atoms with Crippen molar-refractivity contribution in [3.8, 4) is 5.88 Å². The van der Waals surface area contributed by atoms with Crippen LogP contribution in [0, 0.1) is 0 Å². The Labute approximate surface area is 127 Å². The van der Waals surface area contributed by atoms with Gasteiger partial charge in [0.2, 0.25) is 5.88 Å². The highest BCUT2D eigenvalue weighted by atomic mass is 19.3. The van der Waals surface area contributed by atoms with E-state index in [1.165, 1.54) is 4.90 Å². The van der Waals surface area contributed by atoms with Crippen molar-refractivity contribution in [2.24, 2.45) is 0 Å². The number of carbonyl (C=O) groups excluding carboxylic acids is 1. The molecule has 0 aromatic carbocycles. The Hall–Kier alpha value is -1.76. The van der Waals surface area contributed by atoms with Gasteiger partial charge >= 0.3 is 0 Å². The molecule has 0 N–H and O–H groups in total. The summed E-state index contributed by atoms with van der Waals surface area (Å²) in [6.45, 7) is 1.20. The van der Waals surface area contributed by atoms with Gasteiger partial charge in [-0.25, -0.2) is 13.8 Å². The van der Waals surface area contributed by atoms with Gasteiger partial charge in [-0.3, -0.25) is 4.79 Å². The minimum atomic E-state index is -2.67. The SMILES string of the molecule is O=C(c1cccnc1O[C@H]1CCOC1)N1CCC(F)(F)CC1. The number of likely N-dealkylation sites (tertiary alicyclic amines) is 1. The maximum Gasteiger partial charge on any atom is 0.259 e. The first-order chi connectivity index (χ1) is 10.6. The number of amides is 1. The molecule has 22 heavy (non-hydrogen) atoms. The van der Waals surface area contributed by atoms with Gasteiger partial charge in [0.05, 0.1) is 13.2 Å². The van der Waals surface area contributed by atoms with Crippen molar-refractivity contribution >= 4 is 5.91 Å². The second-order valence-electron chi connectivity index (χ2n) is 5.61. The molecule has 2 fully saturated rings. The fourth-order valence-corrected chi connectivity index (χ4v) is 2.62. The van der Waals surface area contributed by atoms with E-state index in [1.54, 1.807) is 18.3 Å². The van der Waals surface area contributed by atoms with Crippen molar-refractivity contribution in [2.75, 3.05) is 26.3 Å². The molecule has 120 valence electrons. The molecule has 0 saturated carbocycles. The van der Waals surface area contributed by atoms with E-state index in [9.17, 15) is 13.6 Å². The van der Waals surface area contributed by atoms with E-state index in [1.807, 2.05) is 0 Å². The molecular formula is C15H18F2N2O3. The number of nitrogens with zero attached hydrogens (tertiary/aromatic N) is 2. The third kappa shape index (κ3) is 3.35. The molecule has 5 nitrogen and oxygen atoms in total. The van der Waals surface area contributed by atoms with E-state index in [2.05, 4.69) is 4.98 Å². The molecule has 0 spiro atoms. The normalized spacial score (nSPS) is 24.3. The molecule has 3 heterocycles. The Balaban J connectivity index is 1.72. The summed E-state index contributed by atoms with van der Waals surface area (Å²) >= 11 is 0. The van der Waals surface area contributed by atoms with E-state index < -0.39 is 5.92 Å². The average Bonchev–Trinajstić information content (AvgIpc) is 3.00. The summed E-state index contributed by atoms with van der Waals surface area (Å²) in [6, 6.07) is 3.26. The van der Waals surface area contributed by atoms with Gasteiger partial charge in [0.25, 0.3) is 11.8 Å². The molecular weight excluding hydrogens is 294 g/mol. The highest BCUT2D eigenvalue weighted by Crippen LogP contribution is 2.29. The summed E-state index contributed by atoms with van der Waals surface area (Å²) < 4.78 is 37.4. The highest BCUT2D eigenvalue weighted by Gasteiger charge is 2.36. The average molecular weight is 312 g/mol. The summed E-state index contributed by atoms with van der Waals surface area (Å²) in [5.74, 6) is -2.73. The molecule has 7 heteroatoms. The first-order valence-corrected chi connectivity index (χ1v) is 7.42. The molecule has 0 bridgehead atoms. The summed E-state index contributed by atoms with van der Waals surface area (Å²) in [6.07, 6.45) is 1.58. The lowest BCUT2D eigenvalue weighted by atomic mass is 10.1. The van der Waals surface area contributed by atoms with Crippen LogP contribution in [0.5, 0.6) is 5.88 Å². The third-order valence-corrected chi connectivity index (χ3v) is 3.95. The molecule has 0 radical (unpaired) electrons. The van der Waals surface area contributed by atoms with Gasteiger partial charge in [0.15, 0.2) is 0 Å². The summed E-state index contributed by atoms with van der Waals surface area (Å²) in [7, 11) is 0. The predicted molar refractivity (Wildman–Crippen MR) is 74.2 cm³/mol. The zero-order chi connectivity index (χ0) is 15.6. The van der Waals surface area contributed by atoms with Crippen molar-refractivity contribution < 1.29 is 23.0 Å². The maximum absolute atomic E-state index is 13.2. The number of aromatic nitrogens is 1. The number of pyridine rings is 1. The molecule has 1 aromatic heterocycles. The third-order valence-electron chi connectivity index (χ3n) is 3.95. The highest BCUT2D eigenvalue weighted by molar-refractivity contribution is 5.96. The van der Waals surface area contributed by atoms with Crippen LogP contribution in [0.15, 0.2) is 18.3 Å². The zero-order valence-electron chi connectivity index (χ0n) is 12.1. The molecule has 2 aliphatic heterocycles. The first kappa shape index (κ1) is 15.1. The largest absolute Gasteiger partial charge is 0.471 e. The number of hydrogen-bond donors (Lipinski definition) is 0. The number of halogens is 2. The van der Waals surface area contributed by atoms with Gasteiger partial charge in [-0.2, -0.15) is 0 Å². The van der Waals surface area contributed by atoms with Crippen LogP contribution in [0.25, 0.3) is 0 Å². The van der Waals surface area contributed by atoms with E-state index in [0.717, 1.165) is 6.42 Å². The van der Waals surface area contributed by atoms with E-state index >= 15 is 0 Å². The lowest BCUT2D eigenvalue weighted by Gasteiger charge is -2.32. The van der Waals surface area contributed by atoms with E-state index in [-0.39, 0.29) is 43.8 Å². The van der Waals surface area contributed by atoms with Crippen LogP contribution in [0.3, 0.4) is 0 Å². The number of piperidine rings is 1. The second kappa shape index (κ2) is 6.16. The number of rotatable bonds is 3. The van der Waals surface area contributed by atoms with Crippen LogP contribution in [0.1, 0.15) is 29.6 Å². The quantitative estimate of drug-likeness (QED) is 0.858. The smallest absolute Gasteiger partial charge is 0.259 e. The number of alkyl halides is 2. The monoisotopic (exact) mass is 312 g/mol. The van der Waals surface area contributed by atoms with Crippen LogP contribution in [0.4, 0.5) is 8.78 Å². The van der Waals surface area contributed by atoms with Crippen LogP contribution >= 0.6 is 0 Å². The zero-order valence-corrected chi connectivity index (χ0v) is 12.1. The van der Waals surface area contributed by atoms with Gasteiger partial charge in [0.1, 0.15) is 11.7 Å². The Morgan fingerprint density at radius 2 is 2.18 bits per heavy atom. The molecule has 2 aliphatic rings. The molecule has 1 atom stereocenters. The fourth-order valence-electron chi connectivity index (χ4n) is 2.62. The van der Waals surface area contributed by atoms with Gasteiger partial charge in [-0.05, 0) is 12.1 Å². The van der Waals surface area contributed by atoms with Gasteiger partial charge < -0.3 is 14.4 Å². The summed E-state index contributed by atoms with van der Waals surface area (Å²) in [5, 5.41) is 0. The van der Waals surface area contributed by atoms with E-state index in [0.29, 0.717) is 18.8 Å². The lowest BCUT2D eigenvalue weighted by Crippen LogP contribution is -2.43. The Morgan fingerprint density at radius 3 is 2.86 bits per heavy atom. The standard InChI is InChI=1S/C15H18F2N2O3/c16-15(17)4-7-19(8-5-15)14(20)12-2-1-6-18-13(12)22-11-3-9-21-10-11/h1-2,6,11H,3-5,7-10H2/t11-/m0/s1. The first-order valence-electron chi connectivity index (χ1n) is 7.42. The molecule has 2 saturated heterocycles. The molecule has 3 rings (SSSR count). The molecule has 1 amide bonds. The number of hydrogen-bond acceptors (Lipinski definition) is 4. The fraction of sp³-hybridized carbons (Fsp3) is 0.600. The predicted octanol–water partition coefficient (Wildman–Crippen LogP) is 2.12. The van der Waals surface area contributed by atoms with Crippen molar-refractivity contribution in [1.29, 1.82) is 0 Å². The number of carbonyl (C=O) groups is 1. The van der Waals surface area contributed by atoms with Crippen LogP contribution < -0.4 is 4.74 Å². The minimum absolute atomic E-state index is 0.0483. The molecule has 1 aromatic rings. The Kier molecular flexibility index (Phi) is 4.24. The van der Waals surface area contributed by atoms with Gasteiger partial charge in [0, 0.05) is 38.5 Å². The summed E-state index contributed by atoms with van der Waals surface area (Å²) in [4.78, 5) is 18.1. The molecule has 0 unspecified atom stereocenters. The van der Waals surface area contributed by atoms with Crippen LogP contribution in [0.2, 0.25) is 0 Å². The molecule has 0 aliphatic carbocycles. The van der Waals surface area contributed by atoms with Gasteiger partial charge in [-0.15, -0.1) is 0 Å². The van der Waals surface area contributed by atoms with Crippen LogP contribution in [-0.4, -0.2) is 54.1 Å². The van der Waals surface area contributed by atoms with Crippen LogP contribution in [-0.2, 0) is 4.74 Å². The van der Waals surface area contributed by atoms with Gasteiger partial charge in [-0.1, -0.05) is 0 Å². The van der Waals surface area contributed by atoms with Crippen molar-refractivity contribution in [3.63, 3.8) is 0 Å². The van der Waals surface area contributed by atoms with E-state index in [4.69, 9.17) is 9.47 Å².